The maximum Gasteiger partial charge on any atom is 0.390 e. The zero-order chi connectivity index (χ0) is 16.2. The lowest BCUT2D eigenvalue weighted by Crippen LogP contribution is -2.16. The number of hydrogen-bond acceptors (Lipinski definition) is 6. The Morgan fingerprint density at radius 3 is 2.57 bits per heavy atom. The van der Waals surface area contributed by atoms with Gasteiger partial charge in [0.25, 0.3) is 0 Å². The van der Waals surface area contributed by atoms with Crippen molar-refractivity contribution in [3.8, 4) is 0 Å². The third kappa shape index (κ3) is 4.54. The molecule has 118 valence electrons. The lowest BCUT2D eigenvalue weighted by molar-refractivity contribution is -0.138. The minimum atomic E-state index is -4.38. The first-order chi connectivity index (χ1) is 9.65. The highest BCUT2D eigenvalue weighted by Crippen LogP contribution is 2.24. The average Bonchev–Trinajstić information content (AvgIpc) is 2.63. The van der Waals surface area contributed by atoms with Crippen molar-refractivity contribution in [1.82, 2.24) is 9.78 Å². The van der Waals surface area contributed by atoms with Crippen LogP contribution in [-0.4, -0.2) is 46.7 Å². The monoisotopic (exact) mass is 310 g/mol. The number of hydrogen-bond donors (Lipinski definition) is 3. The molecule has 0 saturated carbocycles. The van der Waals surface area contributed by atoms with Crippen molar-refractivity contribution in [3.05, 3.63) is 5.56 Å². The van der Waals surface area contributed by atoms with Gasteiger partial charge in [-0.2, -0.15) is 18.3 Å². The Balaban J connectivity index is 2.99. The Morgan fingerprint density at radius 1 is 1.48 bits per heavy atom. The van der Waals surface area contributed by atoms with Gasteiger partial charge in [0.15, 0.2) is 5.82 Å². The lowest BCUT2D eigenvalue weighted by Gasteiger charge is -2.07. The minimum Gasteiger partial charge on any atom is -0.480 e. The van der Waals surface area contributed by atoms with E-state index in [-0.39, 0.29) is 17.2 Å². The van der Waals surface area contributed by atoms with Crippen molar-refractivity contribution in [1.29, 1.82) is 0 Å². The van der Waals surface area contributed by atoms with Gasteiger partial charge < -0.3 is 20.9 Å². The summed E-state index contributed by atoms with van der Waals surface area (Å²) in [6, 6.07) is 0. The molecule has 0 aliphatic heterocycles. The van der Waals surface area contributed by atoms with E-state index in [1.807, 2.05) is 0 Å². The molecule has 0 amide bonds. The number of aromatic nitrogens is 2. The molecule has 0 aromatic carbocycles. The van der Waals surface area contributed by atoms with Crippen LogP contribution in [0.2, 0.25) is 0 Å². The van der Waals surface area contributed by atoms with E-state index in [1.54, 1.807) is 0 Å². The van der Waals surface area contributed by atoms with Gasteiger partial charge in [0, 0.05) is 6.54 Å². The first-order valence-corrected chi connectivity index (χ1v) is 5.62. The molecule has 21 heavy (non-hydrogen) atoms. The van der Waals surface area contributed by atoms with Crippen LogP contribution in [0.3, 0.4) is 0 Å². The van der Waals surface area contributed by atoms with E-state index in [9.17, 15) is 22.8 Å². The Labute approximate surface area is 116 Å². The number of methoxy groups -OCH3 is 1. The molecule has 1 rings (SSSR count). The van der Waals surface area contributed by atoms with E-state index in [0.29, 0.717) is 0 Å². The molecular formula is C10H13F3N4O4. The summed E-state index contributed by atoms with van der Waals surface area (Å²) in [5.74, 6) is -2.77. The topological polar surface area (TPSA) is 119 Å². The van der Waals surface area contributed by atoms with E-state index in [1.165, 1.54) is 0 Å². The smallest absolute Gasteiger partial charge is 0.390 e. The summed E-state index contributed by atoms with van der Waals surface area (Å²) in [4.78, 5) is 22.2. The molecule has 0 atom stereocenters. The van der Waals surface area contributed by atoms with Crippen LogP contribution in [-0.2, 0) is 16.1 Å². The van der Waals surface area contributed by atoms with Crippen LogP contribution in [0.5, 0.6) is 0 Å². The Hall–Kier alpha value is -2.46. The largest absolute Gasteiger partial charge is 0.480 e. The molecule has 8 nitrogen and oxygen atoms in total. The minimum absolute atomic E-state index is 0.259. The molecule has 0 aliphatic carbocycles. The predicted molar refractivity (Wildman–Crippen MR) is 64.8 cm³/mol. The van der Waals surface area contributed by atoms with Crippen molar-refractivity contribution in [3.63, 3.8) is 0 Å². The van der Waals surface area contributed by atoms with E-state index in [4.69, 9.17) is 10.8 Å². The number of rotatable bonds is 6. The van der Waals surface area contributed by atoms with Gasteiger partial charge >= 0.3 is 18.1 Å². The van der Waals surface area contributed by atoms with Crippen molar-refractivity contribution < 1.29 is 32.6 Å². The normalized spacial score (nSPS) is 11.2. The summed E-state index contributed by atoms with van der Waals surface area (Å²) >= 11 is 0. The van der Waals surface area contributed by atoms with Crippen molar-refractivity contribution >= 4 is 23.6 Å². The number of carbonyl (C=O) groups excluding carboxylic acids is 1. The highest BCUT2D eigenvalue weighted by atomic mass is 19.4. The van der Waals surface area contributed by atoms with E-state index in [0.717, 1.165) is 11.8 Å². The maximum atomic E-state index is 12.1. The highest BCUT2D eigenvalue weighted by molar-refractivity contribution is 5.99. The Morgan fingerprint density at radius 2 is 2.10 bits per heavy atom. The molecule has 0 unspecified atom stereocenters. The number of carboxylic acid groups (broad SMARTS) is 1. The number of ether oxygens (including phenoxy) is 1. The second kappa shape index (κ2) is 6.33. The first-order valence-electron chi connectivity index (χ1n) is 5.62. The molecule has 1 aromatic heterocycles. The molecule has 11 heteroatoms. The summed E-state index contributed by atoms with van der Waals surface area (Å²) in [7, 11) is 1.05. The van der Waals surface area contributed by atoms with Crippen LogP contribution < -0.4 is 11.1 Å². The van der Waals surface area contributed by atoms with Gasteiger partial charge in [-0.15, -0.1) is 0 Å². The molecule has 0 bridgehead atoms. The fourth-order valence-corrected chi connectivity index (χ4v) is 1.47. The average molecular weight is 310 g/mol. The van der Waals surface area contributed by atoms with Crippen LogP contribution >= 0.6 is 0 Å². The summed E-state index contributed by atoms with van der Waals surface area (Å²) in [5.41, 5.74) is 5.26. The van der Waals surface area contributed by atoms with Gasteiger partial charge in [0.1, 0.15) is 17.9 Å². The Kier molecular flexibility index (Phi) is 5.00. The highest BCUT2D eigenvalue weighted by Gasteiger charge is 2.28. The third-order valence-electron chi connectivity index (χ3n) is 2.37. The zero-order valence-corrected chi connectivity index (χ0v) is 10.9. The second-order valence-electron chi connectivity index (χ2n) is 3.94. The number of nitrogens with zero attached hydrogens (tertiary/aromatic N) is 2. The summed E-state index contributed by atoms with van der Waals surface area (Å²) in [6.07, 6.45) is -5.53. The number of aliphatic carboxylic acids is 1. The summed E-state index contributed by atoms with van der Waals surface area (Å²) < 4.78 is 41.5. The van der Waals surface area contributed by atoms with Gasteiger partial charge in [-0.05, 0) is 0 Å². The van der Waals surface area contributed by atoms with E-state index in [2.05, 4.69) is 15.2 Å². The number of carbonyl (C=O) groups is 2. The van der Waals surface area contributed by atoms with Crippen molar-refractivity contribution in [2.75, 3.05) is 24.7 Å². The molecule has 0 aliphatic rings. The van der Waals surface area contributed by atoms with E-state index >= 15 is 0 Å². The van der Waals surface area contributed by atoms with Crippen LogP contribution in [0.4, 0.5) is 24.8 Å². The predicted octanol–water partition coefficient (Wildman–Crippen LogP) is 0.701. The molecule has 1 aromatic rings. The van der Waals surface area contributed by atoms with Gasteiger partial charge in [-0.25, -0.2) is 9.48 Å². The number of alkyl halides is 3. The lowest BCUT2D eigenvalue weighted by atomic mass is 10.3. The number of halogens is 3. The number of anilines is 2. The zero-order valence-electron chi connectivity index (χ0n) is 10.9. The van der Waals surface area contributed by atoms with Gasteiger partial charge in [0.2, 0.25) is 0 Å². The summed E-state index contributed by atoms with van der Waals surface area (Å²) in [5, 5.41) is 14.6. The molecule has 0 spiro atoms. The van der Waals surface area contributed by atoms with Crippen molar-refractivity contribution in [2.24, 2.45) is 0 Å². The number of esters is 1. The van der Waals surface area contributed by atoms with Crippen LogP contribution in [0.25, 0.3) is 0 Å². The van der Waals surface area contributed by atoms with E-state index < -0.39 is 37.6 Å². The van der Waals surface area contributed by atoms with Crippen LogP contribution in [0, 0.1) is 0 Å². The number of nitrogen functional groups attached to an aromatic ring is 1. The first kappa shape index (κ1) is 16.6. The molecule has 4 N–H and O–H groups in total. The molecule has 0 fully saturated rings. The maximum absolute atomic E-state index is 12.1. The van der Waals surface area contributed by atoms with Crippen LogP contribution in [0.1, 0.15) is 16.8 Å². The van der Waals surface area contributed by atoms with Gasteiger partial charge in [-0.3, -0.25) is 4.79 Å². The Bertz CT molecular complexity index is 541. The summed E-state index contributed by atoms with van der Waals surface area (Å²) in [6.45, 7) is -1.19. The molecule has 1 heterocycles. The number of nitrogens with two attached hydrogens (primary N) is 1. The quantitative estimate of drug-likeness (QED) is 0.662. The standard InChI is InChI=1S/C10H13F3N4O4/c1-21-9(20)6-7(14)17(4-5(18)19)16-8(6)15-3-2-10(11,12)13/h2-4,14H2,1H3,(H,15,16)(H,18,19). The third-order valence-corrected chi connectivity index (χ3v) is 2.37. The number of nitrogens with one attached hydrogen (secondary N) is 1. The number of carboxylic acids is 1. The van der Waals surface area contributed by atoms with Gasteiger partial charge in [0.05, 0.1) is 13.5 Å². The fourth-order valence-electron chi connectivity index (χ4n) is 1.47. The SMILES string of the molecule is COC(=O)c1c(NCCC(F)(F)F)nn(CC(=O)O)c1N. The van der Waals surface area contributed by atoms with Crippen molar-refractivity contribution in [2.45, 2.75) is 19.1 Å². The second-order valence-corrected chi connectivity index (χ2v) is 3.94. The molecule has 0 saturated heterocycles. The van der Waals surface area contributed by atoms with Gasteiger partial charge in [-0.1, -0.05) is 0 Å². The fraction of sp³-hybridized carbons (Fsp3) is 0.500. The molecular weight excluding hydrogens is 297 g/mol. The van der Waals surface area contributed by atoms with Crippen LogP contribution in [0.15, 0.2) is 0 Å². The molecule has 0 radical (unpaired) electrons.